The maximum absolute atomic E-state index is 13.8. The van der Waals surface area contributed by atoms with E-state index in [4.69, 9.17) is 23.2 Å². The summed E-state index contributed by atoms with van der Waals surface area (Å²) < 4.78 is 0. The van der Waals surface area contributed by atoms with E-state index >= 15 is 0 Å². The lowest BCUT2D eigenvalue weighted by Gasteiger charge is -2.51. The molecule has 2 amide bonds. The zero-order valence-electron chi connectivity index (χ0n) is 16.1. The summed E-state index contributed by atoms with van der Waals surface area (Å²) in [4.78, 5) is 41.6. The predicted molar refractivity (Wildman–Crippen MR) is 118 cm³/mol. The van der Waals surface area contributed by atoms with Crippen LogP contribution in [-0.4, -0.2) is 18.1 Å². The number of hydrogen-bond donors (Lipinski definition) is 0. The van der Waals surface area contributed by atoms with Crippen LogP contribution in [0.4, 0.5) is 5.69 Å². The zero-order valence-corrected chi connectivity index (χ0v) is 17.6. The first kappa shape index (κ1) is 18.8. The van der Waals surface area contributed by atoms with Crippen LogP contribution in [0.25, 0.3) is 0 Å². The van der Waals surface area contributed by atoms with E-state index in [-0.39, 0.29) is 22.5 Å². The number of carbonyl (C=O) groups is 3. The smallest absolute Gasteiger partial charge is 0.239 e. The Hall–Kier alpha value is -2.95. The molecule has 0 radical (unpaired) electrons. The Morgan fingerprint density at radius 3 is 2.06 bits per heavy atom. The fourth-order valence-corrected chi connectivity index (χ4v) is 6.29. The number of rotatable bonds is 2. The van der Waals surface area contributed by atoms with E-state index in [1.165, 1.54) is 6.07 Å². The summed E-state index contributed by atoms with van der Waals surface area (Å²) in [7, 11) is 0. The number of carbonyl (C=O) groups excluding carboxylic acids is 3. The molecule has 7 rings (SSSR count). The summed E-state index contributed by atoms with van der Waals surface area (Å²) in [5.41, 5.74) is 2.49. The van der Waals surface area contributed by atoms with Crippen LogP contribution < -0.4 is 4.90 Å². The molecule has 4 nitrogen and oxygen atoms in total. The molecule has 152 valence electrons. The van der Waals surface area contributed by atoms with Gasteiger partial charge in [-0.2, -0.15) is 0 Å². The van der Waals surface area contributed by atoms with E-state index < -0.39 is 23.2 Å². The number of anilines is 1. The van der Waals surface area contributed by atoms with Crippen molar-refractivity contribution in [2.24, 2.45) is 11.8 Å². The fraction of sp³-hybridized carbons (Fsp3) is 0.160. The van der Waals surface area contributed by atoms with Crippen LogP contribution >= 0.6 is 23.2 Å². The summed E-state index contributed by atoms with van der Waals surface area (Å²) in [6, 6.07) is 19.9. The van der Waals surface area contributed by atoms with Crippen molar-refractivity contribution in [2.75, 3.05) is 4.90 Å². The second-order valence-electron chi connectivity index (χ2n) is 8.25. The lowest BCUT2D eigenvalue weighted by molar-refractivity contribution is -0.128. The van der Waals surface area contributed by atoms with Crippen molar-refractivity contribution in [3.8, 4) is 0 Å². The molecule has 3 aromatic carbocycles. The van der Waals surface area contributed by atoms with Gasteiger partial charge in [-0.1, -0.05) is 71.7 Å². The Bertz CT molecular complexity index is 1270. The van der Waals surface area contributed by atoms with Gasteiger partial charge in [-0.15, -0.1) is 0 Å². The number of hydrogen-bond acceptors (Lipinski definition) is 3. The summed E-state index contributed by atoms with van der Waals surface area (Å²) >= 11 is 12.5. The van der Waals surface area contributed by atoms with Gasteiger partial charge in [0.15, 0.2) is 0 Å². The van der Waals surface area contributed by atoms with E-state index in [2.05, 4.69) is 0 Å². The SMILES string of the molecule is O=CC12c3ccccc3C(c3ccccc31)[C@H]1C(=O)N(c3cc(Cl)ccc3Cl)C(=O)[C@@H]12. The van der Waals surface area contributed by atoms with E-state index in [0.29, 0.717) is 5.02 Å². The Balaban J connectivity index is 1.66. The molecule has 31 heavy (non-hydrogen) atoms. The molecule has 2 atom stereocenters. The van der Waals surface area contributed by atoms with Gasteiger partial charge in [-0.05, 0) is 40.5 Å². The first-order valence-electron chi connectivity index (χ1n) is 9.98. The van der Waals surface area contributed by atoms with Gasteiger partial charge in [0.05, 0.1) is 28.0 Å². The molecular formula is C25H15Cl2NO3. The molecule has 3 aliphatic carbocycles. The van der Waals surface area contributed by atoms with Crippen molar-refractivity contribution < 1.29 is 14.4 Å². The highest BCUT2D eigenvalue weighted by Gasteiger charge is 2.68. The third kappa shape index (κ3) is 2.14. The van der Waals surface area contributed by atoms with Gasteiger partial charge in [0.2, 0.25) is 11.8 Å². The van der Waals surface area contributed by atoms with Crippen molar-refractivity contribution in [1.82, 2.24) is 0 Å². The topological polar surface area (TPSA) is 54.5 Å². The van der Waals surface area contributed by atoms with E-state index in [1.807, 2.05) is 48.5 Å². The lowest BCUT2D eigenvalue weighted by Crippen LogP contribution is -2.54. The van der Waals surface area contributed by atoms with Crippen molar-refractivity contribution in [1.29, 1.82) is 0 Å². The van der Waals surface area contributed by atoms with Crippen molar-refractivity contribution in [2.45, 2.75) is 11.3 Å². The van der Waals surface area contributed by atoms with Crippen LogP contribution in [0.3, 0.4) is 0 Å². The molecule has 6 heteroatoms. The fourth-order valence-electron chi connectivity index (χ4n) is 5.93. The van der Waals surface area contributed by atoms with Gasteiger partial charge < -0.3 is 4.79 Å². The minimum Gasteiger partial charge on any atom is -0.302 e. The monoisotopic (exact) mass is 447 g/mol. The van der Waals surface area contributed by atoms with Gasteiger partial charge in [0.25, 0.3) is 0 Å². The molecule has 1 aliphatic heterocycles. The molecule has 0 N–H and O–H groups in total. The summed E-state index contributed by atoms with van der Waals surface area (Å²) in [6.07, 6.45) is 0.853. The minimum atomic E-state index is -1.22. The predicted octanol–water partition coefficient (Wildman–Crippen LogP) is 4.74. The molecule has 0 unspecified atom stereocenters. The highest BCUT2D eigenvalue weighted by Crippen LogP contribution is 2.63. The number of benzene rings is 3. The average molecular weight is 448 g/mol. The van der Waals surface area contributed by atoms with Gasteiger partial charge in [-0.3, -0.25) is 9.59 Å². The van der Waals surface area contributed by atoms with Crippen molar-refractivity contribution in [3.05, 3.63) is 99.0 Å². The number of aldehydes is 1. The molecule has 1 heterocycles. The summed E-state index contributed by atoms with van der Waals surface area (Å²) in [5, 5.41) is 0.627. The summed E-state index contributed by atoms with van der Waals surface area (Å²) in [6.45, 7) is 0. The highest BCUT2D eigenvalue weighted by molar-refractivity contribution is 6.38. The van der Waals surface area contributed by atoms with E-state index in [0.717, 1.165) is 33.4 Å². The van der Waals surface area contributed by atoms with Crippen LogP contribution in [0.15, 0.2) is 66.7 Å². The maximum atomic E-state index is 13.8. The van der Waals surface area contributed by atoms with E-state index in [1.54, 1.807) is 12.1 Å². The molecule has 2 bridgehead atoms. The largest absolute Gasteiger partial charge is 0.302 e. The van der Waals surface area contributed by atoms with Gasteiger partial charge in [0, 0.05) is 10.9 Å². The van der Waals surface area contributed by atoms with Crippen molar-refractivity contribution in [3.63, 3.8) is 0 Å². The van der Waals surface area contributed by atoms with Crippen LogP contribution in [0.1, 0.15) is 28.2 Å². The molecule has 1 fully saturated rings. The van der Waals surface area contributed by atoms with Crippen LogP contribution in [-0.2, 0) is 19.8 Å². The van der Waals surface area contributed by atoms with Crippen LogP contribution in [0.2, 0.25) is 10.0 Å². The normalized spacial score (nSPS) is 27.7. The third-order valence-corrected chi connectivity index (χ3v) is 7.57. The minimum absolute atomic E-state index is 0.257. The van der Waals surface area contributed by atoms with Gasteiger partial charge >= 0.3 is 0 Å². The molecule has 0 saturated carbocycles. The Morgan fingerprint density at radius 2 is 1.45 bits per heavy atom. The number of nitrogens with zero attached hydrogens (tertiary/aromatic N) is 1. The van der Waals surface area contributed by atoms with Crippen LogP contribution in [0.5, 0.6) is 0 Å². The van der Waals surface area contributed by atoms with Gasteiger partial charge in [0.1, 0.15) is 6.29 Å². The lowest BCUT2D eigenvalue weighted by atomic mass is 9.48. The second kappa shape index (κ2) is 6.28. The zero-order chi connectivity index (χ0) is 21.5. The number of amides is 2. The molecule has 0 aromatic heterocycles. The first-order chi connectivity index (χ1) is 15.0. The molecule has 0 spiro atoms. The van der Waals surface area contributed by atoms with Crippen molar-refractivity contribution >= 4 is 47.0 Å². The molecule has 3 aromatic rings. The quantitative estimate of drug-likeness (QED) is 0.420. The van der Waals surface area contributed by atoms with Crippen LogP contribution in [0, 0.1) is 11.8 Å². The summed E-state index contributed by atoms with van der Waals surface area (Å²) in [5.74, 6) is -2.58. The Morgan fingerprint density at radius 1 is 0.839 bits per heavy atom. The number of halogens is 2. The first-order valence-corrected chi connectivity index (χ1v) is 10.7. The van der Waals surface area contributed by atoms with E-state index in [9.17, 15) is 14.4 Å². The standard InChI is InChI=1S/C25H15Cl2NO3/c26-13-9-10-18(27)19(11-13)28-23(30)21-20-14-5-1-3-7-16(14)25(12-29,22(21)24(28)31)17-8-4-2-6-15(17)20/h1-12,20-22H/t20?,21-,22-,25?/m1/s1. The average Bonchev–Trinajstić information content (AvgIpc) is 3.06. The Kier molecular flexibility index (Phi) is 3.81. The Labute approximate surface area is 188 Å². The van der Waals surface area contributed by atoms with Gasteiger partial charge in [-0.25, -0.2) is 4.90 Å². The number of imide groups is 1. The molecule has 4 aliphatic rings. The maximum Gasteiger partial charge on any atom is 0.239 e. The molecular weight excluding hydrogens is 433 g/mol. The highest BCUT2D eigenvalue weighted by atomic mass is 35.5. The second-order valence-corrected chi connectivity index (χ2v) is 9.09. The molecule has 1 saturated heterocycles. The third-order valence-electron chi connectivity index (χ3n) is 7.02.